The van der Waals surface area contributed by atoms with Gasteiger partial charge >= 0.3 is 0 Å². The number of benzene rings is 2. The van der Waals surface area contributed by atoms with Gasteiger partial charge in [-0.15, -0.1) is 0 Å². The highest BCUT2D eigenvalue weighted by Crippen LogP contribution is 2.19. The SMILES string of the molecule is O=C(Nc1cccc([N+](=O)[O-])c1)C(Br)=Cc1ccccc1. The van der Waals surface area contributed by atoms with Gasteiger partial charge in [0.2, 0.25) is 0 Å². The van der Waals surface area contributed by atoms with E-state index in [1.54, 1.807) is 12.1 Å². The molecule has 0 aliphatic heterocycles. The van der Waals surface area contributed by atoms with E-state index in [2.05, 4.69) is 21.2 Å². The van der Waals surface area contributed by atoms with Gasteiger partial charge in [-0.25, -0.2) is 0 Å². The van der Waals surface area contributed by atoms with Crippen molar-refractivity contribution < 1.29 is 9.72 Å². The van der Waals surface area contributed by atoms with Gasteiger partial charge in [0.15, 0.2) is 0 Å². The largest absolute Gasteiger partial charge is 0.321 e. The molecule has 0 heterocycles. The zero-order chi connectivity index (χ0) is 15.2. The molecular weight excluding hydrogens is 336 g/mol. The predicted molar refractivity (Wildman–Crippen MR) is 85.1 cm³/mol. The Kier molecular flexibility index (Phi) is 4.84. The third kappa shape index (κ3) is 4.25. The minimum Gasteiger partial charge on any atom is -0.321 e. The second-order valence-corrected chi connectivity index (χ2v) is 5.02. The summed E-state index contributed by atoms with van der Waals surface area (Å²) in [7, 11) is 0. The molecule has 0 atom stereocenters. The van der Waals surface area contributed by atoms with Gasteiger partial charge in [0.25, 0.3) is 11.6 Å². The van der Waals surface area contributed by atoms with Gasteiger partial charge in [-0.05, 0) is 33.6 Å². The molecule has 0 saturated heterocycles. The number of nitro groups is 1. The normalized spacial score (nSPS) is 11.0. The molecule has 0 aliphatic carbocycles. The van der Waals surface area contributed by atoms with Crippen LogP contribution in [0.2, 0.25) is 0 Å². The maximum Gasteiger partial charge on any atom is 0.271 e. The molecule has 0 spiro atoms. The van der Waals surface area contributed by atoms with Crippen LogP contribution in [-0.4, -0.2) is 10.8 Å². The first kappa shape index (κ1) is 14.9. The molecule has 0 radical (unpaired) electrons. The molecule has 5 nitrogen and oxygen atoms in total. The summed E-state index contributed by atoms with van der Waals surface area (Å²) in [5, 5.41) is 13.3. The second kappa shape index (κ2) is 6.81. The quantitative estimate of drug-likeness (QED) is 0.517. The Hall–Kier alpha value is -2.47. The van der Waals surface area contributed by atoms with Crippen molar-refractivity contribution in [3.63, 3.8) is 0 Å². The first-order valence-corrected chi connectivity index (χ1v) is 6.83. The van der Waals surface area contributed by atoms with Crippen LogP contribution < -0.4 is 5.32 Å². The van der Waals surface area contributed by atoms with Crippen LogP contribution in [0, 0.1) is 10.1 Å². The van der Waals surface area contributed by atoms with Crippen LogP contribution in [0.15, 0.2) is 59.1 Å². The fraction of sp³-hybridized carbons (Fsp3) is 0. The number of nitrogens with one attached hydrogen (secondary N) is 1. The van der Waals surface area contributed by atoms with E-state index in [4.69, 9.17) is 0 Å². The maximum atomic E-state index is 12.0. The molecule has 2 aromatic carbocycles. The van der Waals surface area contributed by atoms with Crippen molar-refractivity contribution in [3.05, 3.63) is 74.8 Å². The van der Waals surface area contributed by atoms with E-state index in [1.165, 1.54) is 18.2 Å². The Balaban J connectivity index is 2.12. The van der Waals surface area contributed by atoms with Gasteiger partial charge in [0.05, 0.1) is 9.41 Å². The summed E-state index contributed by atoms with van der Waals surface area (Å²) < 4.78 is 0.334. The van der Waals surface area contributed by atoms with Gasteiger partial charge < -0.3 is 5.32 Å². The van der Waals surface area contributed by atoms with Crippen molar-refractivity contribution >= 4 is 39.3 Å². The van der Waals surface area contributed by atoms with E-state index in [9.17, 15) is 14.9 Å². The molecule has 0 saturated carbocycles. The third-order valence-electron chi connectivity index (χ3n) is 2.62. The highest BCUT2D eigenvalue weighted by atomic mass is 79.9. The highest BCUT2D eigenvalue weighted by molar-refractivity contribution is 9.12. The number of non-ortho nitro benzene ring substituents is 1. The van der Waals surface area contributed by atoms with Crippen LogP contribution in [0.5, 0.6) is 0 Å². The van der Waals surface area contributed by atoms with Crippen molar-refractivity contribution in [1.29, 1.82) is 0 Å². The Morgan fingerprint density at radius 3 is 2.52 bits per heavy atom. The molecule has 6 heteroatoms. The lowest BCUT2D eigenvalue weighted by atomic mass is 10.2. The smallest absolute Gasteiger partial charge is 0.271 e. The van der Waals surface area contributed by atoms with Crippen molar-refractivity contribution in [2.45, 2.75) is 0 Å². The van der Waals surface area contributed by atoms with E-state index in [-0.39, 0.29) is 11.6 Å². The summed E-state index contributed by atoms with van der Waals surface area (Å²) in [5.74, 6) is -0.376. The fourth-order valence-electron chi connectivity index (χ4n) is 1.65. The van der Waals surface area contributed by atoms with Crippen molar-refractivity contribution in [1.82, 2.24) is 0 Å². The van der Waals surface area contributed by atoms with Gasteiger partial charge in [-0.1, -0.05) is 36.4 Å². The highest BCUT2D eigenvalue weighted by Gasteiger charge is 2.10. The molecule has 1 N–H and O–H groups in total. The number of carbonyl (C=O) groups excluding carboxylic acids is 1. The van der Waals surface area contributed by atoms with Gasteiger partial charge in [0.1, 0.15) is 0 Å². The van der Waals surface area contributed by atoms with E-state index in [0.29, 0.717) is 10.2 Å². The first-order valence-electron chi connectivity index (χ1n) is 6.04. The van der Waals surface area contributed by atoms with E-state index < -0.39 is 4.92 Å². The minimum atomic E-state index is -0.509. The van der Waals surface area contributed by atoms with Crippen LogP contribution in [0.1, 0.15) is 5.56 Å². The number of nitro benzene ring substituents is 1. The lowest BCUT2D eigenvalue weighted by Crippen LogP contribution is -2.11. The summed E-state index contributed by atoms with van der Waals surface area (Å²) in [6.07, 6.45) is 1.67. The molecule has 0 aliphatic rings. The number of hydrogen-bond donors (Lipinski definition) is 1. The number of amides is 1. The summed E-state index contributed by atoms with van der Waals surface area (Å²) >= 11 is 3.20. The van der Waals surface area contributed by atoms with Crippen LogP contribution in [0.25, 0.3) is 6.08 Å². The lowest BCUT2D eigenvalue weighted by molar-refractivity contribution is -0.384. The van der Waals surface area contributed by atoms with Gasteiger partial charge in [-0.3, -0.25) is 14.9 Å². The monoisotopic (exact) mass is 346 g/mol. The molecule has 2 aromatic rings. The van der Waals surface area contributed by atoms with Crippen LogP contribution in [-0.2, 0) is 4.79 Å². The number of anilines is 1. The molecular formula is C15H11BrN2O3. The number of rotatable bonds is 4. The minimum absolute atomic E-state index is 0.0732. The molecule has 1 amide bonds. The van der Waals surface area contributed by atoms with Crippen LogP contribution in [0.3, 0.4) is 0 Å². The number of carbonyl (C=O) groups is 1. The molecule has 0 fully saturated rings. The molecule has 0 unspecified atom stereocenters. The van der Waals surface area contributed by atoms with Gasteiger partial charge in [0, 0.05) is 17.8 Å². The van der Waals surface area contributed by atoms with E-state index in [1.807, 2.05) is 30.3 Å². The Labute approximate surface area is 129 Å². The van der Waals surface area contributed by atoms with E-state index >= 15 is 0 Å². The number of nitrogens with zero attached hydrogens (tertiary/aromatic N) is 1. The summed E-state index contributed by atoms with van der Waals surface area (Å²) in [6.45, 7) is 0. The topological polar surface area (TPSA) is 72.2 Å². The molecule has 2 rings (SSSR count). The summed E-state index contributed by atoms with van der Waals surface area (Å²) in [6, 6.07) is 15.1. The number of halogens is 1. The summed E-state index contributed by atoms with van der Waals surface area (Å²) in [5.41, 5.74) is 1.17. The summed E-state index contributed by atoms with van der Waals surface area (Å²) in [4.78, 5) is 22.2. The Morgan fingerprint density at radius 1 is 1.14 bits per heavy atom. The Bertz CT molecular complexity index is 699. The second-order valence-electron chi connectivity index (χ2n) is 4.16. The molecule has 21 heavy (non-hydrogen) atoms. The van der Waals surface area contributed by atoms with Gasteiger partial charge in [-0.2, -0.15) is 0 Å². The van der Waals surface area contributed by atoms with Crippen LogP contribution >= 0.6 is 15.9 Å². The average Bonchev–Trinajstić information content (AvgIpc) is 2.48. The van der Waals surface area contributed by atoms with Crippen molar-refractivity contribution in [2.75, 3.05) is 5.32 Å². The maximum absolute atomic E-state index is 12.0. The van der Waals surface area contributed by atoms with Crippen LogP contribution in [0.4, 0.5) is 11.4 Å². The fourth-order valence-corrected chi connectivity index (χ4v) is 2.01. The molecule has 0 aromatic heterocycles. The van der Waals surface area contributed by atoms with E-state index in [0.717, 1.165) is 5.56 Å². The average molecular weight is 347 g/mol. The Morgan fingerprint density at radius 2 is 1.86 bits per heavy atom. The predicted octanol–water partition coefficient (Wildman–Crippen LogP) is 3.97. The standard InChI is InChI=1S/C15H11BrN2O3/c16-14(9-11-5-2-1-3-6-11)15(19)17-12-7-4-8-13(10-12)18(20)21/h1-10H,(H,17,19). The third-order valence-corrected chi connectivity index (χ3v) is 3.21. The molecule has 0 bridgehead atoms. The zero-order valence-corrected chi connectivity index (χ0v) is 12.4. The van der Waals surface area contributed by atoms with Crippen molar-refractivity contribution in [3.8, 4) is 0 Å². The number of hydrogen-bond acceptors (Lipinski definition) is 3. The first-order chi connectivity index (χ1) is 10.1. The lowest BCUT2D eigenvalue weighted by Gasteiger charge is -2.04. The molecule has 106 valence electrons. The zero-order valence-electron chi connectivity index (χ0n) is 10.8. The van der Waals surface area contributed by atoms with Crippen molar-refractivity contribution in [2.24, 2.45) is 0 Å².